The maximum atomic E-state index is 12.5. The van der Waals surface area contributed by atoms with E-state index in [-0.39, 0.29) is 0 Å². The SMILES string of the molecule is CC.CCCC.COc1ccc2ncc(CN3CCN(C(=O)C4CC4)CC3)c(N3CCC4(CC3)OCCO4)c2c1. The lowest BCUT2D eigenvalue weighted by molar-refractivity contribution is -0.169. The zero-order valence-corrected chi connectivity index (χ0v) is 25.4. The molecule has 222 valence electrons. The summed E-state index contributed by atoms with van der Waals surface area (Å²) in [6, 6.07) is 6.12. The summed E-state index contributed by atoms with van der Waals surface area (Å²) in [5.41, 5.74) is 3.45. The standard InChI is InChI=1S/C26H34N4O4.C4H10.C2H6/c1-32-21-4-5-23-22(16-21)24(29-8-6-26(7-9-29)33-14-15-34-26)20(17-27-23)18-28-10-12-30(13-11-28)25(31)19-2-3-19;1-3-4-2;1-2/h4-5,16-17,19H,2-3,6-15,18H2,1H3;3-4H2,1-2H3;1-2H3. The highest BCUT2D eigenvalue weighted by atomic mass is 16.7. The molecule has 4 aliphatic rings. The van der Waals surface area contributed by atoms with E-state index in [1.54, 1.807) is 7.11 Å². The van der Waals surface area contributed by atoms with E-state index >= 15 is 0 Å². The van der Waals surface area contributed by atoms with Gasteiger partial charge in [-0.2, -0.15) is 0 Å². The topological polar surface area (TPSA) is 67.4 Å². The van der Waals surface area contributed by atoms with Crippen molar-refractivity contribution in [2.75, 3.05) is 64.5 Å². The fourth-order valence-corrected chi connectivity index (χ4v) is 5.63. The van der Waals surface area contributed by atoms with Gasteiger partial charge < -0.3 is 24.0 Å². The third-order valence-corrected chi connectivity index (χ3v) is 8.28. The van der Waals surface area contributed by atoms with Gasteiger partial charge in [-0.3, -0.25) is 14.7 Å². The van der Waals surface area contributed by atoms with Crippen LogP contribution in [0.3, 0.4) is 0 Å². The lowest BCUT2D eigenvalue weighted by atomic mass is 10.00. The molecule has 8 nitrogen and oxygen atoms in total. The van der Waals surface area contributed by atoms with Gasteiger partial charge in [0.2, 0.25) is 5.91 Å². The van der Waals surface area contributed by atoms with Gasteiger partial charge in [-0.05, 0) is 31.0 Å². The van der Waals surface area contributed by atoms with Crippen LogP contribution in [0.2, 0.25) is 0 Å². The number of nitrogens with zero attached hydrogens (tertiary/aromatic N) is 4. The Kier molecular flexibility index (Phi) is 11.0. The van der Waals surface area contributed by atoms with Crippen molar-refractivity contribution in [1.29, 1.82) is 0 Å². The minimum atomic E-state index is -0.401. The van der Waals surface area contributed by atoms with Crippen LogP contribution in [0.15, 0.2) is 24.4 Å². The first-order valence-corrected chi connectivity index (χ1v) is 15.6. The van der Waals surface area contributed by atoms with Gasteiger partial charge in [-0.15, -0.1) is 0 Å². The summed E-state index contributed by atoms with van der Waals surface area (Å²) in [5, 5.41) is 1.13. The molecular formula is C32H50N4O4. The van der Waals surface area contributed by atoms with Gasteiger partial charge in [0.1, 0.15) is 5.75 Å². The second-order valence-corrected chi connectivity index (χ2v) is 11.0. The van der Waals surface area contributed by atoms with Gasteiger partial charge in [0.25, 0.3) is 0 Å². The number of carbonyl (C=O) groups excluding carboxylic acids is 1. The van der Waals surface area contributed by atoms with E-state index in [1.807, 2.05) is 32.2 Å². The zero-order chi connectivity index (χ0) is 28.5. The molecule has 40 heavy (non-hydrogen) atoms. The zero-order valence-electron chi connectivity index (χ0n) is 25.4. The van der Waals surface area contributed by atoms with Crippen LogP contribution >= 0.6 is 0 Å². The van der Waals surface area contributed by atoms with E-state index in [2.05, 4.69) is 34.6 Å². The fourth-order valence-electron chi connectivity index (χ4n) is 5.63. The average molecular weight is 555 g/mol. The first-order chi connectivity index (χ1) is 19.6. The first-order valence-electron chi connectivity index (χ1n) is 15.6. The van der Waals surface area contributed by atoms with Crippen molar-refractivity contribution in [3.8, 4) is 5.75 Å². The van der Waals surface area contributed by atoms with Crippen molar-refractivity contribution in [1.82, 2.24) is 14.8 Å². The third kappa shape index (κ3) is 7.25. The number of hydrogen-bond donors (Lipinski definition) is 0. The maximum Gasteiger partial charge on any atom is 0.225 e. The molecule has 3 aliphatic heterocycles. The summed E-state index contributed by atoms with van der Waals surface area (Å²) < 4.78 is 17.5. The third-order valence-electron chi connectivity index (χ3n) is 8.28. The van der Waals surface area contributed by atoms with Gasteiger partial charge in [-0.1, -0.05) is 40.5 Å². The highest BCUT2D eigenvalue weighted by molar-refractivity contribution is 5.94. The van der Waals surface area contributed by atoms with Crippen LogP contribution < -0.4 is 9.64 Å². The van der Waals surface area contributed by atoms with E-state index in [9.17, 15) is 4.79 Å². The molecule has 0 bridgehead atoms. The number of hydrogen-bond acceptors (Lipinski definition) is 7. The molecular weight excluding hydrogens is 504 g/mol. The molecule has 1 amide bonds. The van der Waals surface area contributed by atoms with E-state index in [0.29, 0.717) is 25.0 Å². The first kappa shape index (κ1) is 30.5. The van der Waals surface area contributed by atoms with Gasteiger partial charge >= 0.3 is 0 Å². The number of methoxy groups -OCH3 is 1. The van der Waals surface area contributed by atoms with Crippen LogP contribution in [-0.4, -0.2) is 86.1 Å². The van der Waals surface area contributed by atoms with Crippen molar-refractivity contribution in [2.24, 2.45) is 5.92 Å². The Hall–Kier alpha value is -2.42. The Morgan fingerprint density at radius 1 is 1.00 bits per heavy atom. The normalized spacial score (nSPS) is 20.5. The lowest BCUT2D eigenvalue weighted by Crippen LogP contribution is -2.49. The number of carbonyl (C=O) groups is 1. The summed E-state index contributed by atoms with van der Waals surface area (Å²) in [6.45, 7) is 15.8. The summed E-state index contributed by atoms with van der Waals surface area (Å²) in [6.07, 6.45) is 8.55. The highest BCUT2D eigenvalue weighted by Gasteiger charge is 2.40. The predicted molar refractivity (Wildman–Crippen MR) is 161 cm³/mol. The second-order valence-electron chi connectivity index (χ2n) is 11.0. The molecule has 1 aliphatic carbocycles. The number of ether oxygens (including phenoxy) is 3. The van der Waals surface area contributed by atoms with Gasteiger partial charge in [0.05, 0.1) is 31.5 Å². The molecule has 1 aromatic carbocycles. The minimum absolute atomic E-state index is 0.299. The monoisotopic (exact) mass is 554 g/mol. The van der Waals surface area contributed by atoms with Crippen molar-refractivity contribution >= 4 is 22.5 Å². The Labute approximate surface area is 240 Å². The van der Waals surface area contributed by atoms with Crippen molar-refractivity contribution in [2.45, 2.75) is 78.6 Å². The maximum absolute atomic E-state index is 12.5. The van der Waals surface area contributed by atoms with Crippen LogP contribution in [-0.2, 0) is 20.8 Å². The van der Waals surface area contributed by atoms with E-state index < -0.39 is 5.79 Å². The Morgan fingerprint density at radius 3 is 2.23 bits per heavy atom. The molecule has 1 saturated carbocycles. The molecule has 0 atom stereocenters. The molecule has 0 N–H and O–H groups in total. The Morgan fingerprint density at radius 2 is 1.65 bits per heavy atom. The van der Waals surface area contributed by atoms with E-state index in [4.69, 9.17) is 19.2 Å². The quantitative estimate of drug-likeness (QED) is 0.469. The molecule has 0 radical (unpaired) electrons. The average Bonchev–Trinajstić information content (AvgIpc) is 3.78. The Bertz CT molecular complexity index is 1080. The smallest absolute Gasteiger partial charge is 0.225 e. The highest BCUT2D eigenvalue weighted by Crippen LogP contribution is 2.38. The summed E-state index contributed by atoms with van der Waals surface area (Å²) >= 11 is 0. The summed E-state index contributed by atoms with van der Waals surface area (Å²) in [5.74, 6) is 1.10. The number of anilines is 1. The number of piperazine rings is 1. The van der Waals surface area contributed by atoms with Crippen LogP contribution in [0.5, 0.6) is 5.75 Å². The van der Waals surface area contributed by atoms with E-state index in [0.717, 1.165) is 88.1 Å². The Balaban J connectivity index is 0.000000568. The van der Waals surface area contributed by atoms with Crippen molar-refractivity contribution in [3.63, 3.8) is 0 Å². The number of pyridine rings is 1. The molecule has 0 unspecified atom stereocenters. The predicted octanol–water partition coefficient (Wildman–Crippen LogP) is 5.47. The molecule has 1 aromatic heterocycles. The van der Waals surface area contributed by atoms with Gasteiger partial charge in [0, 0.05) is 81.7 Å². The number of aromatic nitrogens is 1. The number of fused-ring (bicyclic) bond motifs is 1. The number of unbranched alkanes of at least 4 members (excludes halogenated alkanes) is 1. The van der Waals surface area contributed by atoms with Crippen LogP contribution in [0.1, 0.15) is 71.8 Å². The molecule has 4 heterocycles. The van der Waals surface area contributed by atoms with Crippen molar-refractivity contribution < 1.29 is 19.0 Å². The minimum Gasteiger partial charge on any atom is -0.497 e. The molecule has 4 fully saturated rings. The van der Waals surface area contributed by atoms with Crippen LogP contribution in [0.25, 0.3) is 10.9 Å². The lowest BCUT2D eigenvalue weighted by Gasteiger charge is -2.40. The molecule has 1 spiro atoms. The summed E-state index contributed by atoms with van der Waals surface area (Å²) in [7, 11) is 1.71. The van der Waals surface area contributed by atoms with E-state index in [1.165, 1.54) is 24.1 Å². The fraction of sp³-hybridized carbons (Fsp3) is 0.688. The number of rotatable bonds is 6. The van der Waals surface area contributed by atoms with Crippen LogP contribution in [0, 0.1) is 5.92 Å². The number of amides is 1. The second kappa shape index (κ2) is 14.5. The summed E-state index contributed by atoms with van der Waals surface area (Å²) in [4.78, 5) is 24.2. The van der Waals surface area contributed by atoms with Gasteiger partial charge in [-0.25, -0.2) is 0 Å². The molecule has 2 aromatic rings. The number of benzene rings is 1. The largest absolute Gasteiger partial charge is 0.497 e. The van der Waals surface area contributed by atoms with Crippen molar-refractivity contribution in [3.05, 3.63) is 30.0 Å². The van der Waals surface area contributed by atoms with Gasteiger partial charge in [0.15, 0.2) is 5.79 Å². The number of piperidine rings is 1. The molecule has 6 rings (SSSR count). The van der Waals surface area contributed by atoms with Crippen LogP contribution in [0.4, 0.5) is 5.69 Å². The molecule has 8 heteroatoms. The molecule has 3 saturated heterocycles.